The van der Waals surface area contributed by atoms with Gasteiger partial charge in [0.25, 0.3) is 0 Å². The minimum atomic E-state index is 0.842. The van der Waals surface area contributed by atoms with Crippen LogP contribution in [0.2, 0.25) is 0 Å². The molecule has 2 fully saturated rings. The molecule has 4 rings (SSSR count). The van der Waals surface area contributed by atoms with Crippen LogP contribution >= 0.6 is 15.9 Å². The third-order valence-electron chi connectivity index (χ3n) is 5.13. The zero-order valence-electron chi connectivity index (χ0n) is 11.8. The Kier molecular flexibility index (Phi) is 3.51. The van der Waals surface area contributed by atoms with Gasteiger partial charge in [-0.25, -0.2) is 0 Å². The molecule has 3 aliphatic rings. The van der Waals surface area contributed by atoms with Gasteiger partial charge in [-0.1, -0.05) is 15.9 Å². The molecule has 2 aliphatic carbocycles. The highest BCUT2D eigenvalue weighted by Crippen LogP contribution is 2.41. The van der Waals surface area contributed by atoms with Gasteiger partial charge in [0.15, 0.2) is 0 Å². The van der Waals surface area contributed by atoms with Crippen molar-refractivity contribution in [2.24, 2.45) is 11.8 Å². The summed E-state index contributed by atoms with van der Waals surface area (Å²) in [5, 5.41) is 3.70. The summed E-state index contributed by atoms with van der Waals surface area (Å²) in [5.41, 5.74) is 2.81. The van der Waals surface area contributed by atoms with Crippen molar-refractivity contribution in [2.45, 2.75) is 44.6 Å². The summed E-state index contributed by atoms with van der Waals surface area (Å²) >= 11 is 3.65. The van der Waals surface area contributed by atoms with E-state index in [-0.39, 0.29) is 0 Å². The van der Waals surface area contributed by atoms with Gasteiger partial charge in [-0.05, 0) is 73.7 Å². The lowest BCUT2D eigenvalue weighted by Gasteiger charge is -2.37. The van der Waals surface area contributed by atoms with Crippen molar-refractivity contribution >= 4 is 15.9 Å². The third kappa shape index (κ3) is 2.62. The highest BCUT2D eigenvalue weighted by Gasteiger charge is 2.33. The van der Waals surface area contributed by atoms with Crippen LogP contribution in [-0.4, -0.2) is 19.2 Å². The number of halogens is 1. The van der Waals surface area contributed by atoms with Crippen molar-refractivity contribution in [3.05, 3.63) is 27.7 Å². The Morgan fingerprint density at radius 2 is 2.00 bits per heavy atom. The first-order valence-corrected chi connectivity index (χ1v) is 8.76. The van der Waals surface area contributed by atoms with Gasteiger partial charge >= 0.3 is 0 Å². The molecule has 1 heterocycles. The Bertz CT molecular complexity index is 512. The van der Waals surface area contributed by atoms with Gasteiger partial charge in [-0.2, -0.15) is 0 Å². The Balaban J connectivity index is 1.43. The molecule has 1 aromatic rings. The largest absolute Gasteiger partial charge is 0.493 e. The number of hydrogen-bond acceptors (Lipinski definition) is 2. The van der Waals surface area contributed by atoms with Crippen LogP contribution in [0.1, 0.15) is 36.8 Å². The molecule has 1 N–H and O–H groups in total. The molecule has 20 heavy (non-hydrogen) atoms. The molecular weight excluding hydrogens is 314 g/mol. The van der Waals surface area contributed by atoms with Crippen LogP contribution in [0.5, 0.6) is 5.75 Å². The number of rotatable bonds is 5. The smallest absolute Gasteiger partial charge is 0.125 e. The van der Waals surface area contributed by atoms with E-state index in [1.54, 1.807) is 0 Å². The van der Waals surface area contributed by atoms with Crippen LogP contribution in [0, 0.1) is 11.8 Å². The molecule has 0 saturated heterocycles. The van der Waals surface area contributed by atoms with Crippen LogP contribution in [0.25, 0.3) is 0 Å². The Morgan fingerprint density at radius 1 is 1.15 bits per heavy atom. The molecule has 0 amide bonds. The monoisotopic (exact) mass is 335 g/mol. The second-order valence-corrected chi connectivity index (χ2v) is 7.55. The number of fused-ring (bicyclic) bond motifs is 1. The van der Waals surface area contributed by atoms with Crippen molar-refractivity contribution < 1.29 is 4.74 Å². The fraction of sp³-hybridized carbons (Fsp3) is 0.647. The van der Waals surface area contributed by atoms with E-state index in [2.05, 4.69) is 33.4 Å². The van der Waals surface area contributed by atoms with E-state index >= 15 is 0 Å². The molecule has 108 valence electrons. The van der Waals surface area contributed by atoms with Crippen LogP contribution in [0.15, 0.2) is 16.6 Å². The molecule has 0 bridgehead atoms. The summed E-state index contributed by atoms with van der Waals surface area (Å²) in [5.74, 6) is 2.92. The van der Waals surface area contributed by atoms with Crippen molar-refractivity contribution in [3.63, 3.8) is 0 Å². The van der Waals surface area contributed by atoms with Gasteiger partial charge in [0.2, 0.25) is 0 Å². The molecule has 0 aromatic heterocycles. The van der Waals surface area contributed by atoms with Gasteiger partial charge in [0, 0.05) is 16.9 Å². The van der Waals surface area contributed by atoms with Crippen LogP contribution in [0.3, 0.4) is 0 Å². The van der Waals surface area contributed by atoms with E-state index in [0.29, 0.717) is 0 Å². The molecular formula is C17H22BrNO. The van der Waals surface area contributed by atoms with Crippen LogP contribution in [-0.2, 0) is 12.8 Å². The molecule has 2 nitrogen and oxygen atoms in total. The van der Waals surface area contributed by atoms with Crippen molar-refractivity contribution in [2.75, 3.05) is 13.2 Å². The number of hydrogen-bond donors (Lipinski definition) is 1. The van der Waals surface area contributed by atoms with Crippen LogP contribution in [0.4, 0.5) is 0 Å². The predicted molar refractivity (Wildman–Crippen MR) is 84.3 cm³/mol. The maximum atomic E-state index is 5.86. The van der Waals surface area contributed by atoms with Gasteiger partial charge in [0.1, 0.15) is 5.75 Å². The number of benzene rings is 1. The van der Waals surface area contributed by atoms with Gasteiger partial charge < -0.3 is 10.1 Å². The third-order valence-corrected chi connectivity index (χ3v) is 5.59. The van der Waals surface area contributed by atoms with E-state index in [1.165, 1.54) is 60.0 Å². The fourth-order valence-corrected chi connectivity index (χ4v) is 4.11. The Hall–Kier alpha value is -0.540. The van der Waals surface area contributed by atoms with Gasteiger partial charge in [-0.3, -0.25) is 0 Å². The first-order chi connectivity index (χ1) is 9.79. The predicted octanol–water partition coefficient (Wildman–Crippen LogP) is 3.70. The quantitative estimate of drug-likeness (QED) is 0.885. The first kappa shape index (κ1) is 13.1. The van der Waals surface area contributed by atoms with Crippen molar-refractivity contribution in [1.82, 2.24) is 5.32 Å². The molecule has 0 spiro atoms. The average Bonchev–Trinajstić information content (AvgIpc) is 3.10. The molecule has 0 radical (unpaired) electrons. The Labute approximate surface area is 129 Å². The van der Waals surface area contributed by atoms with E-state index in [9.17, 15) is 0 Å². The standard InChI is InChI=1S/C17H22BrNO/c18-15-8-12-5-6-20-17(12)14(9-15)7-11-1-2-13(11)10-19-16-3-4-16/h8-9,11,13,16,19H,1-7,10H2. The Morgan fingerprint density at radius 3 is 2.75 bits per heavy atom. The molecule has 2 atom stereocenters. The zero-order valence-corrected chi connectivity index (χ0v) is 13.4. The molecule has 2 saturated carbocycles. The minimum absolute atomic E-state index is 0.842. The van der Waals surface area contributed by atoms with Gasteiger partial charge in [0.05, 0.1) is 6.61 Å². The fourth-order valence-electron chi connectivity index (χ4n) is 3.56. The van der Waals surface area contributed by atoms with E-state index in [1.807, 2.05) is 0 Å². The summed E-state index contributed by atoms with van der Waals surface area (Å²) in [7, 11) is 0. The zero-order chi connectivity index (χ0) is 13.5. The topological polar surface area (TPSA) is 21.3 Å². The SMILES string of the molecule is Brc1cc2c(c(CC3CCC3CNC3CC3)c1)OCC2. The molecule has 3 heteroatoms. The highest BCUT2D eigenvalue weighted by atomic mass is 79.9. The lowest BCUT2D eigenvalue weighted by molar-refractivity contribution is 0.169. The van der Waals surface area contributed by atoms with E-state index < -0.39 is 0 Å². The molecule has 1 aliphatic heterocycles. The maximum Gasteiger partial charge on any atom is 0.125 e. The summed E-state index contributed by atoms with van der Waals surface area (Å²) < 4.78 is 7.07. The first-order valence-electron chi connectivity index (χ1n) is 7.97. The van der Waals surface area contributed by atoms with Crippen molar-refractivity contribution in [1.29, 1.82) is 0 Å². The van der Waals surface area contributed by atoms with E-state index in [0.717, 1.165) is 30.9 Å². The van der Waals surface area contributed by atoms with Gasteiger partial charge in [-0.15, -0.1) is 0 Å². The lowest BCUT2D eigenvalue weighted by atomic mass is 9.70. The van der Waals surface area contributed by atoms with E-state index in [4.69, 9.17) is 4.74 Å². The summed E-state index contributed by atoms with van der Waals surface area (Å²) in [6.07, 6.45) is 7.84. The number of ether oxygens (including phenoxy) is 1. The lowest BCUT2D eigenvalue weighted by Crippen LogP contribution is -2.37. The highest BCUT2D eigenvalue weighted by molar-refractivity contribution is 9.10. The normalized spacial score (nSPS) is 27.9. The van der Waals surface area contributed by atoms with Crippen LogP contribution < -0.4 is 10.1 Å². The molecule has 1 aromatic carbocycles. The maximum absolute atomic E-state index is 5.86. The average molecular weight is 336 g/mol. The summed E-state index contributed by atoms with van der Waals surface area (Å²) in [6.45, 7) is 2.09. The summed E-state index contributed by atoms with van der Waals surface area (Å²) in [6, 6.07) is 5.33. The summed E-state index contributed by atoms with van der Waals surface area (Å²) in [4.78, 5) is 0. The molecule has 2 unspecified atom stereocenters. The minimum Gasteiger partial charge on any atom is -0.493 e. The van der Waals surface area contributed by atoms with Crippen molar-refractivity contribution in [3.8, 4) is 5.75 Å². The second kappa shape index (κ2) is 5.34. The number of nitrogens with one attached hydrogen (secondary N) is 1. The second-order valence-electron chi connectivity index (χ2n) is 6.64.